The quantitative estimate of drug-likeness (QED) is 0.327. The summed E-state index contributed by atoms with van der Waals surface area (Å²) in [6.07, 6.45) is 0. The first-order valence-corrected chi connectivity index (χ1v) is 11.6. The lowest BCUT2D eigenvalue weighted by molar-refractivity contribution is 0.307. The lowest BCUT2D eigenvalue weighted by atomic mass is 9.83. The molecule has 0 radical (unpaired) electrons. The molecule has 0 bridgehead atoms. The van der Waals surface area contributed by atoms with Crippen LogP contribution in [0.3, 0.4) is 0 Å². The van der Waals surface area contributed by atoms with E-state index >= 15 is 0 Å². The molecule has 0 saturated carbocycles. The zero-order valence-corrected chi connectivity index (χ0v) is 19.3. The minimum absolute atomic E-state index is 0.0585. The van der Waals surface area contributed by atoms with Crippen LogP contribution in [0.1, 0.15) is 22.6 Å². The van der Waals surface area contributed by atoms with Gasteiger partial charge in [0.05, 0.1) is 17.2 Å². The van der Waals surface area contributed by atoms with Gasteiger partial charge in [-0.1, -0.05) is 84.9 Å². The zero-order chi connectivity index (χ0) is 24.5. The van der Waals surface area contributed by atoms with Crippen molar-refractivity contribution in [1.82, 2.24) is 10.2 Å². The molecule has 2 heterocycles. The van der Waals surface area contributed by atoms with Gasteiger partial charge in [-0.3, -0.25) is 5.10 Å². The first-order chi connectivity index (χ1) is 17.7. The molecule has 3 N–H and O–H groups in total. The summed E-state index contributed by atoms with van der Waals surface area (Å²) < 4.78 is 12.0. The molecule has 0 saturated heterocycles. The van der Waals surface area contributed by atoms with Crippen LogP contribution in [0, 0.1) is 11.3 Å². The van der Waals surface area contributed by atoms with Crippen molar-refractivity contribution in [2.75, 3.05) is 0 Å². The van der Waals surface area contributed by atoms with E-state index in [1.807, 2.05) is 72.8 Å². The minimum atomic E-state index is -0.450. The Balaban J connectivity index is 1.38. The Kier molecular flexibility index (Phi) is 5.36. The first-order valence-electron chi connectivity index (χ1n) is 11.6. The van der Waals surface area contributed by atoms with Crippen LogP contribution in [0.25, 0.3) is 22.0 Å². The standard InChI is InChI=1S/C30H22N4O2/c31-17-25-26(27-28(20-9-2-1-3-10-20)33-34-30(27)36-29(25)32)21-12-7-14-23(16-21)35-18-22-13-6-11-19-8-4-5-15-24(19)22/h1-16,26H,18,32H2,(H,33,34)/t26-/m0/s1. The predicted octanol–water partition coefficient (Wildman–Crippen LogP) is 6.03. The summed E-state index contributed by atoms with van der Waals surface area (Å²) in [5, 5.41) is 19.8. The van der Waals surface area contributed by atoms with Gasteiger partial charge in [-0.15, -0.1) is 5.10 Å². The normalized spacial score (nSPS) is 14.7. The lowest BCUT2D eigenvalue weighted by Gasteiger charge is -2.24. The SMILES string of the molecule is N#CC1=C(N)Oc2n[nH]c(-c3ccccc3)c2[C@H]1c1cccc(OCc2cccc3ccccc23)c1. The molecule has 6 heteroatoms. The topological polar surface area (TPSA) is 97.0 Å². The molecule has 36 heavy (non-hydrogen) atoms. The molecule has 6 rings (SSSR count). The number of benzene rings is 4. The van der Waals surface area contributed by atoms with Crippen molar-refractivity contribution in [1.29, 1.82) is 5.26 Å². The van der Waals surface area contributed by atoms with Crippen molar-refractivity contribution in [3.63, 3.8) is 0 Å². The molecule has 174 valence electrons. The van der Waals surface area contributed by atoms with Crippen molar-refractivity contribution in [3.05, 3.63) is 125 Å². The Morgan fingerprint density at radius 2 is 1.72 bits per heavy atom. The number of aromatic amines is 1. The fourth-order valence-electron chi connectivity index (χ4n) is 4.77. The highest BCUT2D eigenvalue weighted by atomic mass is 16.5. The molecule has 5 aromatic rings. The molecule has 1 aliphatic heterocycles. The summed E-state index contributed by atoms with van der Waals surface area (Å²) in [5.41, 5.74) is 11.0. The number of H-pyrrole nitrogens is 1. The summed E-state index contributed by atoms with van der Waals surface area (Å²) >= 11 is 0. The number of fused-ring (bicyclic) bond motifs is 2. The van der Waals surface area contributed by atoms with E-state index in [4.69, 9.17) is 15.2 Å². The fraction of sp³-hybridized carbons (Fsp3) is 0.0667. The Hall–Kier alpha value is -5.02. The maximum Gasteiger partial charge on any atom is 0.244 e. The summed E-state index contributed by atoms with van der Waals surface area (Å²) in [4.78, 5) is 0. The van der Waals surface area contributed by atoms with Gasteiger partial charge in [0.25, 0.3) is 0 Å². The number of rotatable bonds is 5. The summed E-state index contributed by atoms with van der Waals surface area (Å²) in [7, 11) is 0. The lowest BCUT2D eigenvalue weighted by Crippen LogP contribution is -2.21. The summed E-state index contributed by atoms with van der Waals surface area (Å²) in [5.74, 6) is 0.684. The van der Waals surface area contributed by atoms with E-state index in [0.29, 0.717) is 23.8 Å². The van der Waals surface area contributed by atoms with Crippen LogP contribution in [0.4, 0.5) is 0 Å². The van der Waals surface area contributed by atoms with Crippen LogP contribution in [-0.4, -0.2) is 10.2 Å². The number of allylic oxidation sites excluding steroid dienone is 1. The van der Waals surface area contributed by atoms with E-state index in [0.717, 1.165) is 27.9 Å². The fourth-order valence-corrected chi connectivity index (χ4v) is 4.77. The summed E-state index contributed by atoms with van der Waals surface area (Å²) in [6, 6.07) is 34.3. The average Bonchev–Trinajstić information content (AvgIpc) is 3.35. The smallest absolute Gasteiger partial charge is 0.244 e. The minimum Gasteiger partial charge on any atom is -0.489 e. The maximum atomic E-state index is 10.0. The van der Waals surface area contributed by atoms with E-state index in [2.05, 4.69) is 40.5 Å². The molecular weight excluding hydrogens is 448 g/mol. The van der Waals surface area contributed by atoms with Gasteiger partial charge in [0.1, 0.15) is 24.0 Å². The van der Waals surface area contributed by atoms with Crippen LogP contribution in [-0.2, 0) is 6.61 Å². The highest BCUT2D eigenvalue weighted by Crippen LogP contribution is 2.46. The molecular formula is C30H22N4O2. The Labute approximate surface area is 208 Å². The van der Waals surface area contributed by atoms with Crippen molar-refractivity contribution < 1.29 is 9.47 Å². The van der Waals surface area contributed by atoms with E-state index in [1.165, 1.54) is 10.8 Å². The molecule has 6 nitrogen and oxygen atoms in total. The molecule has 1 aliphatic rings. The van der Waals surface area contributed by atoms with E-state index in [-0.39, 0.29) is 5.88 Å². The van der Waals surface area contributed by atoms with E-state index in [9.17, 15) is 5.26 Å². The number of nitrogens with two attached hydrogens (primary N) is 1. The Morgan fingerprint density at radius 1 is 0.944 bits per heavy atom. The molecule has 4 aromatic carbocycles. The monoisotopic (exact) mass is 470 g/mol. The zero-order valence-electron chi connectivity index (χ0n) is 19.3. The third-order valence-corrected chi connectivity index (χ3v) is 6.47. The van der Waals surface area contributed by atoms with Gasteiger partial charge in [-0.2, -0.15) is 5.26 Å². The number of nitrogens with zero attached hydrogens (tertiary/aromatic N) is 2. The molecule has 1 aromatic heterocycles. The van der Waals surface area contributed by atoms with Crippen molar-refractivity contribution in [3.8, 4) is 29.0 Å². The molecule has 0 amide bonds. The van der Waals surface area contributed by atoms with Gasteiger partial charge in [0.15, 0.2) is 0 Å². The molecule has 0 unspecified atom stereocenters. The Morgan fingerprint density at radius 3 is 2.58 bits per heavy atom. The van der Waals surface area contributed by atoms with E-state index in [1.54, 1.807) is 0 Å². The molecule has 0 spiro atoms. The van der Waals surface area contributed by atoms with E-state index < -0.39 is 5.92 Å². The van der Waals surface area contributed by atoms with Crippen LogP contribution >= 0.6 is 0 Å². The van der Waals surface area contributed by atoms with Crippen molar-refractivity contribution in [2.45, 2.75) is 12.5 Å². The second-order valence-corrected chi connectivity index (χ2v) is 8.61. The average molecular weight is 471 g/mol. The van der Waals surface area contributed by atoms with Gasteiger partial charge < -0.3 is 15.2 Å². The number of ether oxygens (including phenoxy) is 2. The van der Waals surface area contributed by atoms with Gasteiger partial charge in [0.2, 0.25) is 11.8 Å². The Bertz CT molecular complexity index is 1640. The highest BCUT2D eigenvalue weighted by molar-refractivity contribution is 5.85. The summed E-state index contributed by atoms with van der Waals surface area (Å²) in [6.45, 7) is 0.424. The van der Waals surface area contributed by atoms with Crippen molar-refractivity contribution in [2.24, 2.45) is 5.73 Å². The predicted molar refractivity (Wildman–Crippen MR) is 138 cm³/mol. The third kappa shape index (κ3) is 3.73. The second-order valence-electron chi connectivity index (χ2n) is 8.61. The third-order valence-electron chi connectivity index (χ3n) is 6.47. The van der Waals surface area contributed by atoms with Gasteiger partial charge in [-0.25, -0.2) is 0 Å². The second kappa shape index (κ2) is 8.97. The number of nitriles is 1. The van der Waals surface area contributed by atoms with Gasteiger partial charge >= 0.3 is 0 Å². The van der Waals surface area contributed by atoms with Crippen LogP contribution in [0.2, 0.25) is 0 Å². The molecule has 0 aliphatic carbocycles. The number of hydrogen-bond acceptors (Lipinski definition) is 5. The largest absolute Gasteiger partial charge is 0.489 e. The molecule has 1 atom stereocenters. The first kappa shape index (κ1) is 21.5. The number of nitrogens with one attached hydrogen (secondary N) is 1. The van der Waals surface area contributed by atoms with Gasteiger partial charge in [-0.05, 0) is 39.6 Å². The van der Waals surface area contributed by atoms with Gasteiger partial charge in [0, 0.05) is 0 Å². The number of aromatic nitrogens is 2. The number of hydrogen-bond donors (Lipinski definition) is 2. The van der Waals surface area contributed by atoms with Crippen LogP contribution < -0.4 is 15.2 Å². The van der Waals surface area contributed by atoms with Crippen LogP contribution in [0.15, 0.2) is 109 Å². The highest BCUT2D eigenvalue weighted by Gasteiger charge is 2.35. The van der Waals surface area contributed by atoms with Crippen molar-refractivity contribution >= 4 is 10.8 Å². The van der Waals surface area contributed by atoms with Crippen LogP contribution in [0.5, 0.6) is 11.6 Å². The molecule has 0 fully saturated rings. The maximum absolute atomic E-state index is 10.0.